The van der Waals surface area contributed by atoms with Crippen molar-refractivity contribution >= 4 is 11.7 Å². The average Bonchev–Trinajstić information content (AvgIpc) is 2.50. The topological polar surface area (TPSA) is 78.9 Å². The summed E-state index contributed by atoms with van der Waals surface area (Å²) in [4.78, 5) is 13.7. The number of rotatable bonds is 3. The zero-order valence-electron chi connectivity index (χ0n) is 11.4. The van der Waals surface area contributed by atoms with Crippen molar-refractivity contribution in [2.75, 3.05) is 6.54 Å². The number of piperidine rings is 1. The average molecular weight is 297 g/mol. The highest BCUT2D eigenvalue weighted by Gasteiger charge is 2.30. The largest absolute Gasteiger partial charge is 0.409 e. The molecule has 0 aliphatic carbocycles. The Labute approximate surface area is 121 Å². The SMILES string of the molecule is N/C(=N/O)C1CCCCN1C(=O)Cc1c(F)cccc1F. The van der Waals surface area contributed by atoms with Crippen LogP contribution in [0.1, 0.15) is 24.8 Å². The monoisotopic (exact) mass is 297 g/mol. The predicted octanol–water partition coefficient (Wildman–Crippen LogP) is 1.63. The van der Waals surface area contributed by atoms with Gasteiger partial charge in [-0.05, 0) is 31.4 Å². The number of amidine groups is 1. The summed E-state index contributed by atoms with van der Waals surface area (Å²) in [5.41, 5.74) is 5.33. The van der Waals surface area contributed by atoms with E-state index in [0.29, 0.717) is 13.0 Å². The Morgan fingerprint density at radius 1 is 1.38 bits per heavy atom. The molecule has 1 heterocycles. The highest BCUT2D eigenvalue weighted by molar-refractivity contribution is 5.90. The fourth-order valence-electron chi connectivity index (χ4n) is 2.56. The first-order valence-electron chi connectivity index (χ1n) is 6.74. The molecular formula is C14H17F2N3O2. The minimum Gasteiger partial charge on any atom is -0.409 e. The Kier molecular flexibility index (Phi) is 4.72. The minimum atomic E-state index is -0.749. The zero-order chi connectivity index (χ0) is 15.4. The van der Waals surface area contributed by atoms with Gasteiger partial charge in [-0.3, -0.25) is 4.79 Å². The lowest BCUT2D eigenvalue weighted by Gasteiger charge is -2.35. The number of carbonyl (C=O) groups is 1. The van der Waals surface area contributed by atoms with Gasteiger partial charge in [-0.2, -0.15) is 0 Å². The summed E-state index contributed by atoms with van der Waals surface area (Å²) in [6.07, 6.45) is 1.81. The zero-order valence-corrected chi connectivity index (χ0v) is 11.4. The molecule has 1 aliphatic rings. The van der Waals surface area contributed by atoms with Crippen LogP contribution >= 0.6 is 0 Å². The predicted molar refractivity (Wildman–Crippen MR) is 72.8 cm³/mol. The van der Waals surface area contributed by atoms with Gasteiger partial charge < -0.3 is 15.8 Å². The number of halogens is 2. The molecule has 7 heteroatoms. The number of nitrogens with two attached hydrogens (primary N) is 1. The smallest absolute Gasteiger partial charge is 0.227 e. The van der Waals surface area contributed by atoms with Crippen molar-refractivity contribution in [1.29, 1.82) is 0 Å². The second-order valence-corrected chi connectivity index (χ2v) is 5.00. The van der Waals surface area contributed by atoms with Crippen LogP contribution in [0.3, 0.4) is 0 Å². The Morgan fingerprint density at radius 3 is 2.67 bits per heavy atom. The van der Waals surface area contributed by atoms with Crippen LogP contribution in [0.25, 0.3) is 0 Å². The number of carbonyl (C=O) groups excluding carboxylic acids is 1. The first-order chi connectivity index (χ1) is 10.0. The summed E-state index contributed by atoms with van der Waals surface area (Å²) in [6.45, 7) is 0.426. The molecule has 1 aromatic rings. The number of hydrogen-bond donors (Lipinski definition) is 2. The maximum absolute atomic E-state index is 13.6. The third kappa shape index (κ3) is 3.29. The molecule has 0 bridgehead atoms. The molecule has 0 saturated carbocycles. The molecule has 1 atom stereocenters. The van der Waals surface area contributed by atoms with E-state index in [1.54, 1.807) is 0 Å². The highest BCUT2D eigenvalue weighted by atomic mass is 19.1. The minimum absolute atomic E-state index is 0.0583. The summed E-state index contributed by atoms with van der Waals surface area (Å²) in [7, 11) is 0. The van der Waals surface area contributed by atoms with Gasteiger partial charge in [0.1, 0.15) is 11.6 Å². The van der Waals surface area contributed by atoms with Crippen LogP contribution in [0.5, 0.6) is 0 Å². The van der Waals surface area contributed by atoms with Gasteiger partial charge in [0, 0.05) is 12.1 Å². The first kappa shape index (κ1) is 15.2. The molecule has 3 N–H and O–H groups in total. The van der Waals surface area contributed by atoms with Crippen molar-refractivity contribution in [3.05, 3.63) is 35.4 Å². The number of nitrogens with zero attached hydrogens (tertiary/aromatic N) is 2. The van der Waals surface area contributed by atoms with Gasteiger partial charge in [0.15, 0.2) is 5.84 Å². The summed E-state index contributed by atoms with van der Waals surface area (Å²) in [5, 5.41) is 11.7. The molecule has 1 saturated heterocycles. The number of hydrogen-bond acceptors (Lipinski definition) is 3. The molecule has 0 spiro atoms. The first-order valence-corrected chi connectivity index (χ1v) is 6.74. The Morgan fingerprint density at radius 2 is 2.05 bits per heavy atom. The highest BCUT2D eigenvalue weighted by Crippen LogP contribution is 2.20. The molecule has 1 unspecified atom stereocenters. The van der Waals surface area contributed by atoms with E-state index in [0.717, 1.165) is 25.0 Å². The van der Waals surface area contributed by atoms with Gasteiger partial charge in [0.25, 0.3) is 0 Å². The molecule has 114 valence electrons. The third-order valence-corrected chi connectivity index (χ3v) is 3.67. The molecule has 1 fully saturated rings. The Bertz CT molecular complexity index is 543. The molecular weight excluding hydrogens is 280 g/mol. The van der Waals surface area contributed by atoms with E-state index in [2.05, 4.69) is 5.16 Å². The van der Waals surface area contributed by atoms with Gasteiger partial charge in [-0.15, -0.1) is 0 Å². The molecule has 1 aromatic carbocycles. The molecule has 21 heavy (non-hydrogen) atoms. The van der Waals surface area contributed by atoms with Crippen LogP contribution in [0.2, 0.25) is 0 Å². The standard InChI is InChI=1S/C14H17F2N3O2/c15-10-4-3-5-11(16)9(10)8-13(20)19-7-2-1-6-12(19)14(17)18-21/h3-5,12,21H,1-2,6-8H2,(H2,17,18). The van der Waals surface area contributed by atoms with Crippen molar-refractivity contribution in [3.63, 3.8) is 0 Å². The third-order valence-electron chi connectivity index (χ3n) is 3.67. The molecule has 1 aliphatic heterocycles. The van der Waals surface area contributed by atoms with Crippen molar-refractivity contribution in [3.8, 4) is 0 Å². The van der Waals surface area contributed by atoms with Crippen LogP contribution in [0.4, 0.5) is 8.78 Å². The van der Waals surface area contributed by atoms with Gasteiger partial charge in [0.2, 0.25) is 5.91 Å². The quantitative estimate of drug-likeness (QED) is 0.385. The van der Waals surface area contributed by atoms with Crippen molar-refractivity contribution in [2.45, 2.75) is 31.7 Å². The second-order valence-electron chi connectivity index (χ2n) is 5.00. The van der Waals surface area contributed by atoms with Gasteiger partial charge in [0.05, 0.1) is 12.5 Å². The van der Waals surface area contributed by atoms with Crippen LogP contribution in [-0.2, 0) is 11.2 Å². The Balaban J connectivity index is 2.18. The van der Waals surface area contributed by atoms with Crippen LogP contribution < -0.4 is 5.73 Å². The fraction of sp³-hybridized carbons (Fsp3) is 0.429. The van der Waals surface area contributed by atoms with Crippen molar-refractivity contribution in [2.24, 2.45) is 10.9 Å². The lowest BCUT2D eigenvalue weighted by molar-refractivity contribution is -0.132. The molecule has 1 amide bonds. The number of likely N-dealkylation sites (tertiary alicyclic amines) is 1. The molecule has 2 rings (SSSR count). The lowest BCUT2D eigenvalue weighted by Crippen LogP contribution is -2.51. The Hall–Kier alpha value is -2.18. The van der Waals surface area contributed by atoms with E-state index in [4.69, 9.17) is 10.9 Å². The van der Waals surface area contributed by atoms with Gasteiger partial charge in [-0.1, -0.05) is 11.2 Å². The second kappa shape index (κ2) is 6.51. The summed E-state index contributed by atoms with van der Waals surface area (Å²) >= 11 is 0. The van der Waals surface area contributed by atoms with Crippen LogP contribution in [0, 0.1) is 11.6 Å². The normalized spacial score (nSPS) is 19.6. The molecule has 0 aromatic heterocycles. The maximum atomic E-state index is 13.6. The van der Waals surface area contributed by atoms with Crippen LogP contribution in [0.15, 0.2) is 23.4 Å². The van der Waals surface area contributed by atoms with E-state index >= 15 is 0 Å². The van der Waals surface area contributed by atoms with Crippen molar-refractivity contribution in [1.82, 2.24) is 4.90 Å². The molecule has 0 radical (unpaired) electrons. The van der Waals surface area contributed by atoms with E-state index in [9.17, 15) is 13.6 Å². The lowest BCUT2D eigenvalue weighted by atomic mass is 9.99. The van der Waals surface area contributed by atoms with Crippen LogP contribution in [-0.4, -0.2) is 34.4 Å². The van der Waals surface area contributed by atoms with Gasteiger partial charge >= 0.3 is 0 Å². The van der Waals surface area contributed by atoms with E-state index in [1.165, 1.54) is 11.0 Å². The van der Waals surface area contributed by atoms with Gasteiger partial charge in [-0.25, -0.2) is 8.78 Å². The summed E-state index contributed by atoms with van der Waals surface area (Å²) in [6, 6.07) is 2.95. The number of benzene rings is 1. The summed E-state index contributed by atoms with van der Waals surface area (Å²) in [5.74, 6) is -1.99. The fourth-order valence-corrected chi connectivity index (χ4v) is 2.56. The number of amides is 1. The van der Waals surface area contributed by atoms with E-state index in [-0.39, 0.29) is 17.8 Å². The summed E-state index contributed by atoms with van der Waals surface area (Å²) < 4.78 is 27.2. The number of oxime groups is 1. The van der Waals surface area contributed by atoms with E-state index in [1.807, 2.05) is 0 Å². The van der Waals surface area contributed by atoms with Crippen molar-refractivity contribution < 1.29 is 18.8 Å². The molecule has 5 nitrogen and oxygen atoms in total. The van der Waals surface area contributed by atoms with E-state index < -0.39 is 23.6 Å². The maximum Gasteiger partial charge on any atom is 0.227 e.